The number of likely N-dealkylation sites (tertiary alicyclic amines) is 1. The molecule has 5 nitrogen and oxygen atoms in total. The summed E-state index contributed by atoms with van der Waals surface area (Å²) >= 11 is 0. The predicted octanol–water partition coefficient (Wildman–Crippen LogP) is 7.51. The summed E-state index contributed by atoms with van der Waals surface area (Å²) in [5.74, 6) is 1.16. The molecule has 0 radical (unpaired) electrons. The molecule has 1 atom stereocenters. The van der Waals surface area contributed by atoms with Crippen molar-refractivity contribution in [1.82, 2.24) is 24.9 Å². The van der Waals surface area contributed by atoms with Gasteiger partial charge in [-0.05, 0) is 101 Å². The maximum Gasteiger partial charge on any atom is 0.137 e. The zero-order valence-electron chi connectivity index (χ0n) is 26.6. The number of imidazole rings is 1. The minimum absolute atomic E-state index is 0.513. The van der Waals surface area contributed by atoms with Crippen molar-refractivity contribution >= 4 is 11.3 Å². The first-order chi connectivity index (χ1) is 19.9. The average molecular weight is 558 g/mol. The van der Waals surface area contributed by atoms with Gasteiger partial charge in [0, 0.05) is 25.0 Å². The number of benzene rings is 1. The molecule has 41 heavy (non-hydrogen) atoms. The Labute approximate surface area is 250 Å². The van der Waals surface area contributed by atoms with Gasteiger partial charge in [-0.2, -0.15) is 0 Å². The minimum Gasteiger partial charge on any atom is -0.383 e. The Hall–Kier alpha value is -3.15. The number of nitrogens with zero attached hydrogens (tertiary/aromatic N) is 3. The van der Waals surface area contributed by atoms with Crippen LogP contribution in [0.25, 0.3) is 11.3 Å². The maximum absolute atomic E-state index is 4.80. The molecule has 1 aliphatic carbocycles. The summed E-state index contributed by atoms with van der Waals surface area (Å²) < 4.78 is 2.17. The second-order valence-corrected chi connectivity index (χ2v) is 11.0. The van der Waals surface area contributed by atoms with E-state index in [0.717, 1.165) is 43.0 Å². The number of aromatic nitrogens is 2. The van der Waals surface area contributed by atoms with Gasteiger partial charge in [0.25, 0.3) is 0 Å². The van der Waals surface area contributed by atoms with E-state index in [0.29, 0.717) is 17.9 Å². The molecule has 224 valence electrons. The van der Waals surface area contributed by atoms with Gasteiger partial charge >= 0.3 is 0 Å². The van der Waals surface area contributed by atoms with E-state index in [2.05, 4.69) is 102 Å². The number of rotatable bonds is 8. The lowest BCUT2D eigenvalue weighted by atomic mass is 9.91. The van der Waals surface area contributed by atoms with Crippen LogP contribution in [0.3, 0.4) is 0 Å². The van der Waals surface area contributed by atoms with Gasteiger partial charge in [0.15, 0.2) is 0 Å². The lowest BCUT2D eigenvalue weighted by Gasteiger charge is -2.29. The zero-order valence-corrected chi connectivity index (χ0v) is 26.6. The van der Waals surface area contributed by atoms with Crippen LogP contribution in [0.2, 0.25) is 0 Å². The van der Waals surface area contributed by atoms with E-state index < -0.39 is 0 Å². The molecule has 0 bridgehead atoms. The molecule has 5 rings (SSSR count). The summed E-state index contributed by atoms with van der Waals surface area (Å²) in [5.41, 5.74) is 7.24. The van der Waals surface area contributed by atoms with Crippen LogP contribution in [0.1, 0.15) is 75.8 Å². The third-order valence-electron chi connectivity index (χ3n) is 7.44. The first-order valence-corrected chi connectivity index (χ1v) is 15.4. The fraction of sp³-hybridized carbons (Fsp3) is 0.472. The Kier molecular flexibility index (Phi) is 15.2. The Morgan fingerprint density at radius 3 is 2.15 bits per heavy atom. The van der Waals surface area contributed by atoms with Gasteiger partial charge in [-0.1, -0.05) is 69.8 Å². The molecule has 1 aliphatic heterocycles. The Morgan fingerprint density at radius 1 is 0.976 bits per heavy atom. The fourth-order valence-corrected chi connectivity index (χ4v) is 5.27. The van der Waals surface area contributed by atoms with Gasteiger partial charge in [0.1, 0.15) is 11.3 Å². The smallest absolute Gasteiger partial charge is 0.137 e. The quantitative estimate of drug-likeness (QED) is 0.281. The third kappa shape index (κ3) is 10.6. The van der Waals surface area contributed by atoms with Crippen molar-refractivity contribution in [2.24, 2.45) is 5.92 Å². The molecular weight excluding hydrogens is 502 g/mol. The molecular formula is C36H55N5. The van der Waals surface area contributed by atoms with Gasteiger partial charge < -0.3 is 19.9 Å². The molecule has 3 heterocycles. The van der Waals surface area contributed by atoms with Crippen molar-refractivity contribution < 1.29 is 0 Å². The molecule has 1 unspecified atom stereocenters. The summed E-state index contributed by atoms with van der Waals surface area (Å²) in [7, 11) is 2.21. The monoisotopic (exact) mass is 557 g/mol. The highest BCUT2D eigenvalue weighted by Crippen LogP contribution is 2.28. The van der Waals surface area contributed by atoms with Crippen LogP contribution in [0, 0.1) is 5.92 Å². The van der Waals surface area contributed by atoms with Crippen LogP contribution >= 0.6 is 0 Å². The predicted molar refractivity (Wildman–Crippen MR) is 180 cm³/mol. The van der Waals surface area contributed by atoms with Gasteiger partial charge in [-0.15, -0.1) is 13.2 Å². The largest absolute Gasteiger partial charge is 0.383 e. The lowest BCUT2D eigenvalue weighted by Crippen LogP contribution is -2.36. The van der Waals surface area contributed by atoms with E-state index in [1.54, 1.807) is 12.2 Å². The second kappa shape index (κ2) is 18.3. The normalized spacial score (nSPS) is 15.7. The number of pyridine rings is 1. The van der Waals surface area contributed by atoms with Crippen molar-refractivity contribution in [3.63, 3.8) is 0 Å². The van der Waals surface area contributed by atoms with E-state index in [1.165, 1.54) is 42.6 Å². The van der Waals surface area contributed by atoms with Crippen LogP contribution in [0.4, 0.5) is 0 Å². The third-order valence-corrected chi connectivity index (χ3v) is 7.44. The molecule has 2 aliphatic rings. The summed E-state index contributed by atoms with van der Waals surface area (Å²) in [6.07, 6.45) is 12.6. The van der Waals surface area contributed by atoms with E-state index in [4.69, 9.17) is 4.98 Å². The Bertz CT molecular complexity index is 1170. The molecule has 0 saturated carbocycles. The highest BCUT2D eigenvalue weighted by Gasteiger charge is 2.21. The molecule has 5 heteroatoms. The Morgan fingerprint density at radius 2 is 1.56 bits per heavy atom. The minimum atomic E-state index is 0.513. The molecule has 0 amide bonds. The highest BCUT2D eigenvalue weighted by atomic mass is 15.1. The van der Waals surface area contributed by atoms with Crippen molar-refractivity contribution in [1.29, 1.82) is 0 Å². The van der Waals surface area contributed by atoms with Crippen molar-refractivity contribution in [3.05, 3.63) is 103 Å². The van der Waals surface area contributed by atoms with E-state index in [1.807, 2.05) is 27.7 Å². The van der Waals surface area contributed by atoms with Crippen LogP contribution in [0.15, 0.2) is 80.7 Å². The standard InChI is InChI=1S/C28H37N5.2C3H6.C2H6/c1-20(17-30-26-14-23-6-4-5-7-24(23)15-26)16-29-21(2)27-19-33-18-25(8-9-28(33)31-27)22-10-12-32(3)13-11-22;2*1-3-2;1-2/h4-9,18-20,22,26,29-30H,2,10-17H2,1,3H3;2*3H,1H2,2H3;1-2H3. The van der Waals surface area contributed by atoms with Gasteiger partial charge in [0.2, 0.25) is 0 Å². The van der Waals surface area contributed by atoms with Crippen molar-refractivity contribution in [2.75, 3.05) is 33.2 Å². The SMILES string of the molecule is C=C(NCC(C)CNC1Cc2ccccc2C1)c1cn2cc(C3CCN(C)CC3)ccc2n1.C=CC.C=CC.CC. The van der Waals surface area contributed by atoms with Gasteiger partial charge in [0.05, 0.1) is 5.70 Å². The van der Waals surface area contributed by atoms with Crippen molar-refractivity contribution in [3.8, 4) is 0 Å². The maximum atomic E-state index is 4.80. The molecule has 0 spiro atoms. The molecule has 1 fully saturated rings. The summed E-state index contributed by atoms with van der Waals surface area (Å²) in [6.45, 7) is 25.3. The molecule has 1 saturated heterocycles. The van der Waals surface area contributed by atoms with Gasteiger partial charge in [-0.3, -0.25) is 0 Å². The number of hydrogen-bond donors (Lipinski definition) is 2. The number of piperidine rings is 1. The molecule has 2 N–H and O–H groups in total. The zero-order chi connectivity index (χ0) is 30.2. The topological polar surface area (TPSA) is 44.6 Å². The number of hydrogen-bond acceptors (Lipinski definition) is 4. The van der Waals surface area contributed by atoms with E-state index in [-0.39, 0.29) is 0 Å². The summed E-state index contributed by atoms with van der Waals surface area (Å²) in [6, 6.07) is 13.8. The number of fused-ring (bicyclic) bond motifs is 2. The first kappa shape index (κ1) is 34.1. The van der Waals surface area contributed by atoms with Gasteiger partial charge in [-0.25, -0.2) is 4.98 Å². The van der Waals surface area contributed by atoms with Crippen LogP contribution in [-0.2, 0) is 12.8 Å². The summed E-state index contributed by atoms with van der Waals surface area (Å²) in [4.78, 5) is 7.22. The highest BCUT2D eigenvalue weighted by molar-refractivity contribution is 5.61. The van der Waals surface area contributed by atoms with Crippen LogP contribution < -0.4 is 10.6 Å². The van der Waals surface area contributed by atoms with E-state index in [9.17, 15) is 0 Å². The molecule has 1 aromatic carbocycles. The Balaban J connectivity index is 0.000000666. The van der Waals surface area contributed by atoms with Crippen LogP contribution in [-0.4, -0.2) is 53.6 Å². The second-order valence-electron chi connectivity index (χ2n) is 11.0. The molecule has 3 aromatic rings. The average Bonchev–Trinajstić information content (AvgIpc) is 3.61. The van der Waals surface area contributed by atoms with Crippen molar-refractivity contribution in [2.45, 2.75) is 72.3 Å². The molecule has 2 aromatic heterocycles. The number of nitrogens with one attached hydrogen (secondary N) is 2. The fourth-order valence-electron chi connectivity index (χ4n) is 5.27. The summed E-state index contributed by atoms with van der Waals surface area (Å²) in [5, 5.41) is 7.28. The lowest BCUT2D eigenvalue weighted by molar-refractivity contribution is 0.255. The first-order valence-electron chi connectivity index (χ1n) is 15.4. The number of allylic oxidation sites excluding steroid dienone is 2. The van der Waals surface area contributed by atoms with E-state index >= 15 is 0 Å². The van der Waals surface area contributed by atoms with Crippen LogP contribution in [0.5, 0.6) is 0 Å².